The van der Waals surface area contributed by atoms with E-state index in [0.29, 0.717) is 0 Å². The van der Waals surface area contributed by atoms with Gasteiger partial charge >= 0.3 is 0 Å². The quantitative estimate of drug-likeness (QED) is 0.420. The van der Waals surface area contributed by atoms with Gasteiger partial charge in [0.2, 0.25) is 0 Å². The third-order valence-corrected chi connectivity index (χ3v) is 0.408. The average molecular weight is 348 g/mol. The fourth-order valence-electron chi connectivity index (χ4n) is 0.204. The molecule has 0 heterocycles. The molecule has 23 heavy (non-hydrogen) atoms. The first-order valence-electron chi connectivity index (χ1n) is 5.70. The second-order valence-corrected chi connectivity index (χ2v) is 2.86. The molecule has 0 aromatic heterocycles. The van der Waals surface area contributed by atoms with E-state index in [4.69, 9.17) is 44.3 Å². The maximum absolute atomic E-state index is 9.00. The molecule has 0 atom stereocenters. The van der Waals surface area contributed by atoms with Crippen LogP contribution in [0.4, 0.5) is 0 Å². The molecule has 144 valence electrons. The van der Waals surface area contributed by atoms with E-state index in [1.165, 1.54) is 0 Å². The molecule has 0 aliphatic carbocycles. The van der Waals surface area contributed by atoms with Crippen LogP contribution in [0.15, 0.2) is 0 Å². The van der Waals surface area contributed by atoms with Gasteiger partial charge in [-0.05, 0) is 13.8 Å². The number of aliphatic carboxylic acids is 4. The van der Waals surface area contributed by atoms with Crippen LogP contribution >= 0.6 is 0 Å². The molecule has 10 N–H and O–H groups in total. The Kier molecular flexibility index (Phi) is 79.5. The molecule has 0 spiro atoms. The minimum absolute atomic E-state index is 0. The van der Waals surface area contributed by atoms with Gasteiger partial charge in [-0.2, -0.15) is 0 Å². The van der Waals surface area contributed by atoms with Gasteiger partial charge in [-0.1, -0.05) is 0 Å². The third kappa shape index (κ3) is 108000. The second kappa shape index (κ2) is 42.7. The number of hydrogen-bond donors (Lipinski definition) is 6. The van der Waals surface area contributed by atoms with Gasteiger partial charge < -0.3 is 37.5 Å². The van der Waals surface area contributed by atoms with Crippen LogP contribution in [0.2, 0.25) is 0 Å². The van der Waals surface area contributed by atoms with E-state index in [9.17, 15) is 0 Å². The highest BCUT2D eigenvalue weighted by Gasteiger charge is 1.66. The van der Waals surface area contributed by atoms with Gasteiger partial charge in [0.1, 0.15) is 0 Å². The zero-order valence-corrected chi connectivity index (χ0v) is 14.7. The maximum Gasteiger partial charge on any atom is 0.300 e. The number of rotatable bonds is 2. The SMILES string of the molecule is CC(=O)O.CC(=O)O.CC(=O)O.CC(=O)O.CCOCC.N.N. The van der Waals surface area contributed by atoms with E-state index in [0.717, 1.165) is 40.9 Å². The molecular formula is C12H32N2O9. The summed E-state index contributed by atoms with van der Waals surface area (Å²) >= 11 is 0. The Morgan fingerprint density at radius 3 is 0.696 bits per heavy atom. The molecular weight excluding hydrogens is 316 g/mol. The largest absolute Gasteiger partial charge is 0.481 e. The summed E-state index contributed by atoms with van der Waals surface area (Å²) in [6.45, 7) is 10.0. The van der Waals surface area contributed by atoms with Gasteiger partial charge in [0.05, 0.1) is 0 Å². The number of carbonyl (C=O) groups is 4. The average Bonchev–Trinajstić information content (AvgIpc) is 2.14. The lowest BCUT2D eigenvalue weighted by molar-refractivity contribution is -0.135. The first kappa shape index (κ1) is 42.8. The molecule has 0 radical (unpaired) electrons. The molecule has 11 heteroatoms. The van der Waals surface area contributed by atoms with Crippen molar-refractivity contribution in [2.45, 2.75) is 41.5 Å². The van der Waals surface area contributed by atoms with E-state index in [2.05, 4.69) is 0 Å². The van der Waals surface area contributed by atoms with Crippen molar-refractivity contribution >= 4 is 23.9 Å². The molecule has 0 saturated heterocycles. The van der Waals surface area contributed by atoms with Crippen LogP contribution in [-0.2, 0) is 23.9 Å². The van der Waals surface area contributed by atoms with Crippen molar-refractivity contribution in [1.29, 1.82) is 0 Å². The minimum Gasteiger partial charge on any atom is -0.481 e. The minimum atomic E-state index is -0.833. The lowest BCUT2D eigenvalue weighted by Gasteiger charge is -1.86. The highest BCUT2D eigenvalue weighted by atomic mass is 16.5. The van der Waals surface area contributed by atoms with Crippen LogP contribution in [0.25, 0.3) is 0 Å². The molecule has 0 bridgehead atoms. The van der Waals surface area contributed by atoms with Crippen molar-refractivity contribution in [3.05, 3.63) is 0 Å². The maximum atomic E-state index is 9.00. The van der Waals surface area contributed by atoms with Gasteiger partial charge in [-0.25, -0.2) is 0 Å². The van der Waals surface area contributed by atoms with E-state index in [1.54, 1.807) is 0 Å². The summed E-state index contributed by atoms with van der Waals surface area (Å²) in [5.41, 5.74) is 0. The standard InChI is InChI=1S/C4H10O.4C2H4O2.2H3N/c1-3-5-4-2;4*1-2(3)4;;/h3-4H2,1-2H3;4*1H3,(H,3,4);2*1H3. The summed E-state index contributed by atoms with van der Waals surface area (Å²) < 4.78 is 4.83. The van der Waals surface area contributed by atoms with Crippen LogP contribution in [0, 0.1) is 0 Å². The van der Waals surface area contributed by atoms with Gasteiger partial charge in [0, 0.05) is 40.9 Å². The lowest BCUT2D eigenvalue weighted by Crippen LogP contribution is -1.84. The Morgan fingerprint density at radius 2 is 0.696 bits per heavy atom. The van der Waals surface area contributed by atoms with Crippen LogP contribution in [0.1, 0.15) is 41.5 Å². The zero-order chi connectivity index (χ0) is 18.4. The fourth-order valence-corrected chi connectivity index (χ4v) is 0.204. The predicted molar refractivity (Wildman–Crippen MR) is 85.5 cm³/mol. The highest BCUT2D eigenvalue weighted by Crippen LogP contribution is 1.64. The Balaban J connectivity index is -0.0000000273. The summed E-state index contributed by atoms with van der Waals surface area (Å²) in [6, 6.07) is 0. The Hall–Kier alpha value is -2.24. The van der Waals surface area contributed by atoms with Crippen molar-refractivity contribution in [3.8, 4) is 0 Å². The number of carboxylic acids is 4. The van der Waals surface area contributed by atoms with Gasteiger partial charge in [0.25, 0.3) is 23.9 Å². The Morgan fingerprint density at radius 1 is 0.609 bits per heavy atom. The Bertz CT molecular complexity index is 205. The van der Waals surface area contributed by atoms with E-state index in [1.807, 2.05) is 13.8 Å². The molecule has 0 amide bonds. The topological polar surface area (TPSA) is 228 Å². The zero-order valence-electron chi connectivity index (χ0n) is 14.7. The number of carboxylic acid groups (broad SMARTS) is 4. The van der Waals surface area contributed by atoms with Crippen LogP contribution in [-0.4, -0.2) is 57.5 Å². The van der Waals surface area contributed by atoms with Crippen LogP contribution in [0.5, 0.6) is 0 Å². The number of hydrogen-bond acceptors (Lipinski definition) is 7. The molecule has 0 aliphatic rings. The Labute approximate surface area is 136 Å². The smallest absolute Gasteiger partial charge is 0.300 e. The van der Waals surface area contributed by atoms with Gasteiger partial charge in [-0.15, -0.1) is 0 Å². The molecule has 0 aromatic rings. The van der Waals surface area contributed by atoms with Gasteiger partial charge in [0.15, 0.2) is 0 Å². The number of ether oxygens (including phenoxy) is 1. The van der Waals surface area contributed by atoms with Crippen molar-refractivity contribution in [1.82, 2.24) is 12.3 Å². The van der Waals surface area contributed by atoms with Crippen molar-refractivity contribution in [3.63, 3.8) is 0 Å². The van der Waals surface area contributed by atoms with Gasteiger partial charge in [-0.3, -0.25) is 19.2 Å². The van der Waals surface area contributed by atoms with Crippen LogP contribution in [0.3, 0.4) is 0 Å². The first-order chi connectivity index (χ1) is 9.34. The summed E-state index contributed by atoms with van der Waals surface area (Å²) in [7, 11) is 0. The molecule has 0 aliphatic heterocycles. The summed E-state index contributed by atoms with van der Waals surface area (Å²) in [5.74, 6) is -3.33. The van der Waals surface area contributed by atoms with E-state index < -0.39 is 23.9 Å². The molecule has 0 rings (SSSR count). The van der Waals surface area contributed by atoms with Crippen molar-refractivity contribution in [2.75, 3.05) is 13.2 Å². The van der Waals surface area contributed by atoms with Crippen molar-refractivity contribution < 1.29 is 44.3 Å². The summed E-state index contributed by atoms with van der Waals surface area (Å²) in [5, 5.41) is 29.7. The molecule has 0 unspecified atom stereocenters. The van der Waals surface area contributed by atoms with Crippen molar-refractivity contribution in [2.24, 2.45) is 0 Å². The molecule has 0 fully saturated rings. The van der Waals surface area contributed by atoms with Crippen LogP contribution < -0.4 is 12.3 Å². The first-order valence-corrected chi connectivity index (χ1v) is 5.70. The van der Waals surface area contributed by atoms with E-state index >= 15 is 0 Å². The predicted octanol–water partition coefficient (Wildman–Crippen LogP) is 1.73. The second-order valence-electron chi connectivity index (χ2n) is 2.86. The molecule has 0 aromatic carbocycles. The molecule has 0 saturated carbocycles. The normalized spacial score (nSPS) is 6.17. The summed E-state index contributed by atoms with van der Waals surface area (Å²) in [6.07, 6.45) is 0. The summed E-state index contributed by atoms with van der Waals surface area (Å²) in [4.78, 5) is 36.0. The fraction of sp³-hybridized carbons (Fsp3) is 0.667. The third-order valence-electron chi connectivity index (χ3n) is 0.408. The van der Waals surface area contributed by atoms with E-state index in [-0.39, 0.29) is 12.3 Å². The highest BCUT2D eigenvalue weighted by molar-refractivity contribution is 5.63. The molecule has 11 nitrogen and oxygen atoms in total. The lowest BCUT2D eigenvalue weighted by atomic mass is 10.8. The monoisotopic (exact) mass is 348 g/mol.